The van der Waals surface area contributed by atoms with Gasteiger partial charge in [0.05, 0.1) is 12.7 Å². The summed E-state index contributed by atoms with van der Waals surface area (Å²) in [6.07, 6.45) is 7.07. The summed E-state index contributed by atoms with van der Waals surface area (Å²) in [5, 5.41) is 0. The molecule has 126 valence electrons. The Morgan fingerprint density at radius 1 is 1.13 bits per heavy atom. The van der Waals surface area contributed by atoms with Crippen LogP contribution in [0.15, 0.2) is 18.3 Å². The fourth-order valence-corrected chi connectivity index (χ4v) is 3.74. The average molecular weight is 317 g/mol. The van der Waals surface area contributed by atoms with E-state index in [4.69, 9.17) is 4.74 Å². The molecule has 0 N–H and O–H groups in total. The fraction of sp³-hybridized carbons (Fsp3) is 0.667. The molecule has 0 aromatic carbocycles. The number of nitrogens with zero attached hydrogens (tertiary/aromatic N) is 3. The number of ether oxygens (including phenoxy) is 1. The van der Waals surface area contributed by atoms with Gasteiger partial charge in [-0.25, -0.2) is 9.78 Å². The van der Waals surface area contributed by atoms with Crippen molar-refractivity contribution in [1.82, 2.24) is 9.88 Å². The van der Waals surface area contributed by atoms with Gasteiger partial charge in [0.15, 0.2) is 0 Å². The molecule has 0 amide bonds. The average Bonchev–Trinajstić information content (AvgIpc) is 2.62. The third-order valence-corrected chi connectivity index (χ3v) is 5.31. The quantitative estimate of drug-likeness (QED) is 0.802. The molecule has 1 saturated heterocycles. The van der Waals surface area contributed by atoms with Crippen LogP contribution >= 0.6 is 0 Å². The van der Waals surface area contributed by atoms with E-state index in [1.807, 2.05) is 6.07 Å². The van der Waals surface area contributed by atoms with Crippen molar-refractivity contribution in [1.29, 1.82) is 0 Å². The Kier molecular flexibility index (Phi) is 5.16. The lowest BCUT2D eigenvalue weighted by Gasteiger charge is -2.42. The first-order valence-electron chi connectivity index (χ1n) is 8.70. The summed E-state index contributed by atoms with van der Waals surface area (Å²) in [5.74, 6) is 1.53. The number of hydrogen-bond acceptors (Lipinski definition) is 5. The molecule has 0 bridgehead atoms. The second-order valence-corrected chi connectivity index (χ2v) is 6.83. The number of carbonyl (C=O) groups excluding carboxylic acids is 1. The van der Waals surface area contributed by atoms with E-state index < -0.39 is 0 Å². The first kappa shape index (κ1) is 16.2. The van der Waals surface area contributed by atoms with Crippen LogP contribution in [0.2, 0.25) is 0 Å². The van der Waals surface area contributed by atoms with Gasteiger partial charge in [-0.15, -0.1) is 0 Å². The minimum absolute atomic E-state index is 0.333. The Morgan fingerprint density at radius 3 is 2.39 bits per heavy atom. The Labute approximate surface area is 138 Å². The number of hydrogen-bond donors (Lipinski definition) is 0. The molecule has 1 saturated carbocycles. The summed E-state index contributed by atoms with van der Waals surface area (Å²) in [6, 6.07) is 4.50. The van der Waals surface area contributed by atoms with Crippen LogP contribution in [0.5, 0.6) is 0 Å². The summed E-state index contributed by atoms with van der Waals surface area (Å²) in [5.41, 5.74) is 0.506. The largest absolute Gasteiger partial charge is 0.465 e. The topological polar surface area (TPSA) is 45.7 Å². The van der Waals surface area contributed by atoms with Gasteiger partial charge in [-0.3, -0.25) is 4.90 Å². The van der Waals surface area contributed by atoms with Crippen molar-refractivity contribution in [3.8, 4) is 0 Å². The Morgan fingerprint density at radius 2 is 1.83 bits per heavy atom. The van der Waals surface area contributed by atoms with Crippen molar-refractivity contribution in [2.45, 2.75) is 38.6 Å². The second-order valence-electron chi connectivity index (χ2n) is 6.83. The van der Waals surface area contributed by atoms with Crippen molar-refractivity contribution >= 4 is 11.8 Å². The lowest BCUT2D eigenvalue weighted by atomic mass is 9.86. The molecule has 0 spiro atoms. The zero-order valence-electron chi connectivity index (χ0n) is 14.2. The molecule has 23 heavy (non-hydrogen) atoms. The van der Waals surface area contributed by atoms with Gasteiger partial charge in [-0.05, 0) is 43.7 Å². The smallest absolute Gasteiger partial charge is 0.339 e. The summed E-state index contributed by atoms with van der Waals surface area (Å²) >= 11 is 0. The van der Waals surface area contributed by atoms with Gasteiger partial charge in [-0.2, -0.15) is 0 Å². The number of methoxy groups -OCH3 is 1. The highest BCUT2D eigenvalue weighted by atomic mass is 16.5. The Bertz CT molecular complexity index is 516. The molecule has 2 aliphatic rings. The van der Waals surface area contributed by atoms with Crippen LogP contribution in [0, 0.1) is 5.92 Å². The van der Waals surface area contributed by atoms with Gasteiger partial charge in [-0.1, -0.05) is 6.92 Å². The molecule has 1 aliphatic heterocycles. The number of carbonyl (C=O) groups is 1. The number of anilines is 1. The third kappa shape index (κ3) is 3.83. The number of aromatic nitrogens is 1. The molecule has 5 nitrogen and oxygen atoms in total. The van der Waals surface area contributed by atoms with Gasteiger partial charge in [0.25, 0.3) is 0 Å². The zero-order valence-corrected chi connectivity index (χ0v) is 14.2. The molecular formula is C18H27N3O2. The molecule has 3 rings (SSSR count). The van der Waals surface area contributed by atoms with E-state index in [1.165, 1.54) is 32.8 Å². The summed E-state index contributed by atoms with van der Waals surface area (Å²) in [4.78, 5) is 20.9. The standard InChI is InChI=1S/C18H27N3O2/c1-14-3-6-16(7-4-14)20-9-11-21(12-10-20)17-8-5-15(13-19-17)18(22)23-2/h5,8,13-14,16H,3-4,6-7,9-12H2,1-2H3/t14-,16-. The van der Waals surface area contributed by atoms with Gasteiger partial charge < -0.3 is 9.64 Å². The minimum atomic E-state index is -0.333. The summed E-state index contributed by atoms with van der Waals surface area (Å²) in [6.45, 7) is 6.62. The molecule has 0 radical (unpaired) electrons. The van der Waals surface area contributed by atoms with E-state index in [9.17, 15) is 4.79 Å². The van der Waals surface area contributed by atoms with Crippen LogP contribution in [0.3, 0.4) is 0 Å². The molecule has 1 aliphatic carbocycles. The van der Waals surface area contributed by atoms with Crippen molar-refractivity contribution in [2.24, 2.45) is 5.92 Å². The van der Waals surface area contributed by atoms with E-state index in [0.29, 0.717) is 5.56 Å². The van der Waals surface area contributed by atoms with Crippen molar-refractivity contribution in [3.05, 3.63) is 23.9 Å². The lowest BCUT2D eigenvalue weighted by molar-refractivity contribution is 0.0600. The maximum absolute atomic E-state index is 11.5. The maximum atomic E-state index is 11.5. The van der Waals surface area contributed by atoms with E-state index in [-0.39, 0.29) is 5.97 Å². The predicted octanol–water partition coefficient (Wildman–Crippen LogP) is 2.57. The second kappa shape index (κ2) is 7.30. The zero-order chi connectivity index (χ0) is 16.2. The normalized spacial score (nSPS) is 26.1. The molecule has 0 unspecified atom stereocenters. The van der Waals surface area contributed by atoms with Crippen LogP contribution in [0.1, 0.15) is 43.0 Å². The van der Waals surface area contributed by atoms with Crippen LogP contribution in [-0.2, 0) is 4.74 Å². The number of esters is 1. The van der Waals surface area contributed by atoms with Crippen LogP contribution in [0.25, 0.3) is 0 Å². The molecule has 5 heteroatoms. The maximum Gasteiger partial charge on any atom is 0.339 e. The Hall–Kier alpha value is -1.62. The molecule has 1 aromatic heterocycles. The predicted molar refractivity (Wildman–Crippen MR) is 90.8 cm³/mol. The minimum Gasteiger partial charge on any atom is -0.465 e. The highest BCUT2D eigenvalue weighted by Gasteiger charge is 2.27. The van der Waals surface area contributed by atoms with Crippen LogP contribution in [0.4, 0.5) is 5.82 Å². The van der Waals surface area contributed by atoms with Crippen LogP contribution < -0.4 is 4.90 Å². The Balaban J connectivity index is 1.53. The molecule has 0 atom stereocenters. The monoisotopic (exact) mass is 317 g/mol. The lowest BCUT2D eigenvalue weighted by Crippen LogP contribution is -2.51. The first-order valence-corrected chi connectivity index (χ1v) is 8.70. The highest BCUT2D eigenvalue weighted by molar-refractivity contribution is 5.89. The molecule has 2 fully saturated rings. The third-order valence-electron chi connectivity index (χ3n) is 5.31. The van der Waals surface area contributed by atoms with Gasteiger partial charge in [0.1, 0.15) is 5.82 Å². The molecule has 1 aromatic rings. The van der Waals surface area contributed by atoms with E-state index in [1.54, 1.807) is 12.3 Å². The fourth-order valence-electron chi connectivity index (χ4n) is 3.74. The van der Waals surface area contributed by atoms with E-state index >= 15 is 0 Å². The highest BCUT2D eigenvalue weighted by Crippen LogP contribution is 2.28. The van der Waals surface area contributed by atoms with Gasteiger partial charge >= 0.3 is 5.97 Å². The first-order chi connectivity index (χ1) is 11.2. The number of piperazine rings is 1. The van der Waals surface area contributed by atoms with E-state index in [2.05, 4.69) is 21.7 Å². The summed E-state index contributed by atoms with van der Waals surface area (Å²) in [7, 11) is 1.39. The SMILES string of the molecule is COC(=O)c1ccc(N2CCN([C@H]3CC[C@H](C)CC3)CC2)nc1. The van der Waals surface area contributed by atoms with Gasteiger partial charge in [0, 0.05) is 38.4 Å². The van der Waals surface area contributed by atoms with Crippen molar-refractivity contribution in [3.63, 3.8) is 0 Å². The summed E-state index contributed by atoms with van der Waals surface area (Å²) < 4.78 is 4.71. The van der Waals surface area contributed by atoms with E-state index in [0.717, 1.165) is 44.0 Å². The van der Waals surface area contributed by atoms with Gasteiger partial charge in [0.2, 0.25) is 0 Å². The van der Waals surface area contributed by atoms with Crippen molar-refractivity contribution < 1.29 is 9.53 Å². The molecule has 2 heterocycles. The van der Waals surface area contributed by atoms with Crippen molar-refractivity contribution in [2.75, 3.05) is 38.2 Å². The van der Waals surface area contributed by atoms with Crippen LogP contribution in [-0.4, -0.2) is 55.2 Å². The number of rotatable bonds is 3. The number of pyridine rings is 1. The molecular weight excluding hydrogens is 290 g/mol.